The van der Waals surface area contributed by atoms with Crippen LogP contribution < -0.4 is 5.32 Å². The lowest BCUT2D eigenvalue weighted by molar-refractivity contribution is -0.126. The van der Waals surface area contributed by atoms with Gasteiger partial charge in [0.15, 0.2) is 0 Å². The number of benzene rings is 1. The van der Waals surface area contributed by atoms with Gasteiger partial charge in [-0.2, -0.15) is 0 Å². The summed E-state index contributed by atoms with van der Waals surface area (Å²) in [4.78, 5) is 25.8. The van der Waals surface area contributed by atoms with Crippen molar-refractivity contribution in [3.8, 4) is 0 Å². The number of nitrogens with one attached hydrogen (secondary N) is 1. The minimum atomic E-state index is -0.593. The minimum absolute atomic E-state index is 0.118. The molecule has 4 nitrogen and oxygen atoms in total. The van der Waals surface area contributed by atoms with Gasteiger partial charge in [-0.1, -0.05) is 40.9 Å². The Hall–Kier alpha value is -1.36. The van der Waals surface area contributed by atoms with Crippen LogP contribution in [0, 0.1) is 0 Å². The highest BCUT2D eigenvalue weighted by Crippen LogP contribution is 2.39. The van der Waals surface area contributed by atoms with Crippen molar-refractivity contribution in [2.75, 3.05) is 0 Å². The van der Waals surface area contributed by atoms with Crippen LogP contribution in [-0.4, -0.2) is 22.4 Å². The van der Waals surface area contributed by atoms with Crippen molar-refractivity contribution in [2.24, 2.45) is 0 Å². The average molecular weight is 323 g/mol. The standard InChI is InChI=1S/C14H15BrN2O2/c15-11-5-3-10(4-6-11)9-17-13(19)16-12(18)14(17)7-1-2-8-14/h3-6H,1-2,7-9H2,(H,16,18,19). The first-order valence-corrected chi connectivity index (χ1v) is 7.29. The molecule has 1 saturated carbocycles. The predicted molar refractivity (Wildman–Crippen MR) is 74.4 cm³/mol. The molecule has 2 fully saturated rings. The van der Waals surface area contributed by atoms with Crippen LogP contribution in [0.25, 0.3) is 0 Å². The van der Waals surface area contributed by atoms with Crippen LogP contribution in [0.3, 0.4) is 0 Å². The smallest absolute Gasteiger partial charge is 0.305 e. The predicted octanol–water partition coefficient (Wildman–Crippen LogP) is 2.81. The number of carbonyl (C=O) groups excluding carboxylic acids is 2. The van der Waals surface area contributed by atoms with Crippen molar-refractivity contribution in [3.05, 3.63) is 34.3 Å². The third-order valence-corrected chi connectivity index (χ3v) is 4.62. The van der Waals surface area contributed by atoms with Gasteiger partial charge in [-0.25, -0.2) is 4.79 Å². The average Bonchev–Trinajstić information content (AvgIpc) is 2.95. The van der Waals surface area contributed by atoms with Crippen LogP contribution in [0.15, 0.2) is 28.7 Å². The molecule has 1 N–H and O–H groups in total. The normalized spacial score (nSPS) is 21.2. The molecular weight excluding hydrogens is 308 g/mol. The lowest BCUT2D eigenvalue weighted by Gasteiger charge is -2.31. The second kappa shape index (κ2) is 4.63. The zero-order chi connectivity index (χ0) is 13.5. The van der Waals surface area contributed by atoms with E-state index in [4.69, 9.17) is 0 Å². The van der Waals surface area contributed by atoms with Gasteiger partial charge >= 0.3 is 6.03 Å². The number of nitrogens with zero attached hydrogens (tertiary/aromatic N) is 1. The summed E-state index contributed by atoms with van der Waals surface area (Å²) in [5.41, 5.74) is 0.448. The van der Waals surface area contributed by atoms with Gasteiger partial charge in [0.2, 0.25) is 0 Å². The van der Waals surface area contributed by atoms with Gasteiger partial charge < -0.3 is 4.90 Å². The molecule has 1 aliphatic heterocycles. The molecule has 1 aromatic carbocycles. The van der Waals surface area contributed by atoms with E-state index in [1.807, 2.05) is 24.3 Å². The summed E-state index contributed by atoms with van der Waals surface area (Å²) >= 11 is 3.39. The van der Waals surface area contributed by atoms with Crippen LogP contribution in [0.2, 0.25) is 0 Å². The quantitative estimate of drug-likeness (QED) is 0.851. The van der Waals surface area contributed by atoms with Gasteiger partial charge in [-0.05, 0) is 30.5 Å². The molecule has 0 radical (unpaired) electrons. The number of amides is 3. The number of hydrogen-bond donors (Lipinski definition) is 1. The first-order valence-electron chi connectivity index (χ1n) is 6.49. The molecule has 1 aliphatic carbocycles. The highest BCUT2D eigenvalue weighted by molar-refractivity contribution is 9.10. The Kier molecular flexibility index (Phi) is 3.09. The molecule has 1 aromatic rings. The van der Waals surface area contributed by atoms with Crippen molar-refractivity contribution in [3.63, 3.8) is 0 Å². The van der Waals surface area contributed by atoms with Crippen LogP contribution in [0.5, 0.6) is 0 Å². The van der Waals surface area contributed by atoms with E-state index in [2.05, 4.69) is 21.2 Å². The zero-order valence-electron chi connectivity index (χ0n) is 10.5. The highest BCUT2D eigenvalue weighted by Gasteiger charge is 2.53. The van der Waals surface area contributed by atoms with Gasteiger partial charge in [0.1, 0.15) is 5.54 Å². The first-order chi connectivity index (χ1) is 9.12. The molecule has 100 valence electrons. The maximum Gasteiger partial charge on any atom is 0.325 e. The van der Waals surface area contributed by atoms with Crippen LogP contribution in [-0.2, 0) is 11.3 Å². The zero-order valence-corrected chi connectivity index (χ0v) is 12.1. The largest absolute Gasteiger partial charge is 0.325 e. The van der Waals surface area contributed by atoms with E-state index in [1.165, 1.54) is 0 Å². The molecule has 0 aromatic heterocycles. The molecule has 19 heavy (non-hydrogen) atoms. The Labute approximate surface area is 120 Å². The maximum absolute atomic E-state index is 12.1. The van der Waals surface area contributed by atoms with Crippen molar-refractivity contribution < 1.29 is 9.59 Å². The third kappa shape index (κ3) is 2.06. The highest BCUT2D eigenvalue weighted by atomic mass is 79.9. The van der Waals surface area contributed by atoms with E-state index in [1.54, 1.807) is 4.90 Å². The minimum Gasteiger partial charge on any atom is -0.305 e. The molecule has 0 unspecified atom stereocenters. The van der Waals surface area contributed by atoms with Crippen LogP contribution in [0.4, 0.5) is 4.79 Å². The van der Waals surface area contributed by atoms with Crippen molar-refractivity contribution in [1.82, 2.24) is 10.2 Å². The van der Waals surface area contributed by atoms with Gasteiger partial charge in [-0.15, -0.1) is 0 Å². The SMILES string of the molecule is O=C1NC(=O)C2(CCCC2)N1Cc1ccc(Br)cc1. The van der Waals surface area contributed by atoms with Gasteiger partial charge in [0.05, 0.1) is 0 Å². The molecule has 3 amide bonds. The third-order valence-electron chi connectivity index (χ3n) is 4.09. The molecule has 1 heterocycles. The summed E-state index contributed by atoms with van der Waals surface area (Å²) in [6, 6.07) is 7.60. The molecule has 0 atom stereocenters. The summed E-state index contributed by atoms with van der Waals surface area (Å²) < 4.78 is 1.01. The number of halogens is 1. The summed E-state index contributed by atoms with van der Waals surface area (Å²) in [5.74, 6) is -0.118. The van der Waals surface area contributed by atoms with E-state index < -0.39 is 5.54 Å². The number of urea groups is 1. The fourth-order valence-corrected chi connectivity index (χ4v) is 3.31. The molecule has 0 bridgehead atoms. The number of carbonyl (C=O) groups is 2. The summed E-state index contributed by atoms with van der Waals surface area (Å²) in [7, 11) is 0. The Bertz CT molecular complexity index is 521. The summed E-state index contributed by atoms with van der Waals surface area (Å²) in [6.45, 7) is 0.491. The van der Waals surface area contributed by atoms with Gasteiger partial charge in [0.25, 0.3) is 5.91 Å². The Morgan fingerprint density at radius 1 is 1.16 bits per heavy atom. The topological polar surface area (TPSA) is 49.4 Å². The van der Waals surface area contributed by atoms with Gasteiger partial charge in [0, 0.05) is 11.0 Å². The number of rotatable bonds is 2. The molecule has 1 saturated heterocycles. The number of hydrogen-bond acceptors (Lipinski definition) is 2. The number of imide groups is 1. The molecule has 3 rings (SSSR count). The molecule has 1 spiro atoms. The van der Waals surface area contributed by atoms with Gasteiger partial charge in [-0.3, -0.25) is 10.1 Å². The van der Waals surface area contributed by atoms with Crippen LogP contribution in [0.1, 0.15) is 31.2 Å². The van der Waals surface area contributed by atoms with E-state index >= 15 is 0 Å². The second-order valence-electron chi connectivity index (χ2n) is 5.21. The monoisotopic (exact) mass is 322 g/mol. The lowest BCUT2D eigenvalue weighted by Crippen LogP contribution is -2.46. The molecule has 2 aliphatic rings. The first kappa shape index (κ1) is 12.7. The van der Waals surface area contributed by atoms with Crippen molar-refractivity contribution in [1.29, 1.82) is 0 Å². The van der Waals surface area contributed by atoms with E-state index in [9.17, 15) is 9.59 Å². The molecule has 5 heteroatoms. The Morgan fingerprint density at radius 3 is 2.42 bits per heavy atom. The second-order valence-corrected chi connectivity index (χ2v) is 6.13. The lowest BCUT2D eigenvalue weighted by atomic mass is 9.95. The van der Waals surface area contributed by atoms with Crippen LogP contribution >= 0.6 is 15.9 Å². The van der Waals surface area contributed by atoms with E-state index in [0.29, 0.717) is 6.54 Å². The van der Waals surface area contributed by atoms with E-state index in [-0.39, 0.29) is 11.9 Å². The Balaban J connectivity index is 1.87. The summed E-state index contributed by atoms with van der Waals surface area (Å²) in [5, 5.41) is 2.47. The van der Waals surface area contributed by atoms with Crippen molar-refractivity contribution in [2.45, 2.75) is 37.8 Å². The van der Waals surface area contributed by atoms with E-state index in [0.717, 1.165) is 35.7 Å². The maximum atomic E-state index is 12.1. The Morgan fingerprint density at radius 2 is 1.79 bits per heavy atom. The fourth-order valence-electron chi connectivity index (χ4n) is 3.05. The molecular formula is C14H15BrN2O2. The summed E-state index contributed by atoms with van der Waals surface area (Å²) in [6.07, 6.45) is 3.58. The van der Waals surface area contributed by atoms with Crippen molar-refractivity contribution >= 4 is 27.9 Å². The fraction of sp³-hybridized carbons (Fsp3) is 0.429.